The van der Waals surface area contributed by atoms with Crippen molar-refractivity contribution in [3.63, 3.8) is 0 Å². The van der Waals surface area contributed by atoms with Gasteiger partial charge in [0.1, 0.15) is 0 Å². The molecule has 0 saturated heterocycles. The minimum absolute atomic E-state index is 0.165. The summed E-state index contributed by atoms with van der Waals surface area (Å²) in [5, 5.41) is 17.9. The largest absolute Gasteiger partial charge is 0.502 e. The number of allylic oxidation sites excluding steroid dienone is 1. The number of rotatable bonds is 3. The van der Waals surface area contributed by atoms with Gasteiger partial charge in [-0.3, -0.25) is 4.79 Å². The highest BCUT2D eigenvalue weighted by molar-refractivity contribution is 6.00. The summed E-state index contributed by atoms with van der Waals surface area (Å²) in [6.45, 7) is 0. The summed E-state index contributed by atoms with van der Waals surface area (Å²) in [6, 6.07) is 0. The smallest absolute Gasteiger partial charge is 0.371 e. The van der Waals surface area contributed by atoms with Crippen LogP contribution in [-0.4, -0.2) is 22.0 Å². The van der Waals surface area contributed by atoms with Gasteiger partial charge >= 0.3 is 5.97 Å². The van der Waals surface area contributed by atoms with Crippen LogP contribution >= 0.6 is 0 Å². The molecule has 4 saturated carbocycles. The lowest BCUT2D eigenvalue weighted by Gasteiger charge is -2.55. The number of carboxylic acids is 1. The first-order valence-corrected chi connectivity index (χ1v) is 6.67. The molecule has 0 aromatic carbocycles. The maximum atomic E-state index is 12.3. The van der Waals surface area contributed by atoms with E-state index in [4.69, 9.17) is 5.11 Å². The van der Waals surface area contributed by atoms with Gasteiger partial charge in [-0.1, -0.05) is 0 Å². The lowest BCUT2D eigenvalue weighted by Crippen LogP contribution is -2.49. The van der Waals surface area contributed by atoms with Gasteiger partial charge in [-0.05, 0) is 56.3 Å². The standard InChI is InChI=1S/C14H18O4/c15-11(13(17)18)4-12(16)14-5-8-1-9(6-14)3-10(2-8)7-14/h4,8-10,15H,1-3,5-7H2,(H,17,18)/b11-4-. The van der Waals surface area contributed by atoms with Crippen molar-refractivity contribution >= 4 is 11.8 Å². The molecule has 4 nitrogen and oxygen atoms in total. The van der Waals surface area contributed by atoms with E-state index in [0.717, 1.165) is 25.3 Å². The van der Waals surface area contributed by atoms with Crippen molar-refractivity contribution in [2.45, 2.75) is 38.5 Å². The summed E-state index contributed by atoms with van der Waals surface area (Å²) in [6.07, 6.45) is 7.32. The van der Waals surface area contributed by atoms with Gasteiger partial charge in [0.2, 0.25) is 5.76 Å². The van der Waals surface area contributed by atoms with Gasteiger partial charge in [-0.15, -0.1) is 0 Å². The van der Waals surface area contributed by atoms with E-state index in [1.807, 2.05) is 0 Å². The molecular weight excluding hydrogens is 232 g/mol. The molecular formula is C14H18O4. The van der Waals surface area contributed by atoms with Crippen molar-refractivity contribution in [2.24, 2.45) is 23.2 Å². The highest BCUT2D eigenvalue weighted by atomic mass is 16.4. The minimum Gasteiger partial charge on any atom is -0.502 e. The monoisotopic (exact) mass is 250 g/mol. The molecule has 0 unspecified atom stereocenters. The Balaban J connectivity index is 1.85. The molecule has 0 atom stereocenters. The van der Waals surface area contributed by atoms with E-state index in [2.05, 4.69) is 0 Å². The molecule has 0 radical (unpaired) electrons. The Morgan fingerprint density at radius 3 is 1.78 bits per heavy atom. The van der Waals surface area contributed by atoms with E-state index in [1.165, 1.54) is 19.3 Å². The Labute approximate surface area is 106 Å². The predicted molar refractivity (Wildman–Crippen MR) is 64.0 cm³/mol. The van der Waals surface area contributed by atoms with Crippen LogP contribution in [-0.2, 0) is 9.59 Å². The number of hydrogen-bond acceptors (Lipinski definition) is 3. The van der Waals surface area contributed by atoms with Crippen molar-refractivity contribution in [1.29, 1.82) is 0 Å². The molecule has 18 heavy (non-hydrogen) atoms. The Morgan fingerprint density at radius 1 is 0.944 bits per heavy atom. The van der Waals surface area contributed by atoms with Gasteiger partial charge in [0.05, 0.1) is 0 Å². The zero-order valence-electron chi connectivity index (χ0n) is 10.3. The van der Waals surface area contributed by atoms with Crippen LogP contribution in [0.1, 0.15) is 38.5 Å². The molecule has 0 aromatic heterocycles. The third kappa shape index (κ3) is 1.74. The van der Waals surface area contributed by atoms with Crippen LogP contribution in [0.3, 0.4) is 0 Å². The van der Waals surface area contributed by atoms with E-state index in [-0.39, 0.29) is 11.2 Å². The van der Waals surface area contributed by atoms with E-state index >= 15 is 0 Å². The fourth-order valence-electron chi connectivity index (χ4n) is 4.75. The van der Waals surface area contributed by atoms with Crippen molar-refractivity contribution in [2.75, 3.05) is 0 Å². The number of ketones is 1. The van der Waals surface area contributed by atoms with Gasteiger partial charge in [-0.25, -0.2) is 4.79 Å². The molecule has 0 amide bonds. The molecule has 2 N–H and O–H groups in total. The molecule has 4 aliphatic rings. The Kier molecular flexibility index (Phi) is 2.50. The van der Waals surface area contributed by atoms with Crippen LogP contribution < -0.4 is 0 Å². The summed E-state index contributed by atoms with van der Waals surface area (Å²) >= 11 is 0. The Hall–Kier alpha value is -1.32. The number of aliphatic carboxylic acids is 1. The van der Waals surface area contributed by atoms with Crippen LogP contribution in [0.2, 0.25) is 0 Å². The van der Waals surface area contributed by atoms with Crippen molar-refractivity contribution in [3.05, 3.63) is 11.8 Å². The van der Waals surface area contributed by atoms with E-state index < -0.39 is 11.7 Å². The molecule has 0 aliphatic heterocycles. The Morgan fingerprint density at radius 2 is 1.39 bits per heavy atom. The summed E-state index contributed by atoms with van der Waals surface area (Å²) in [5.74, 6) is -0.493. The van der Waals surface area contributed by atoms with Gasteiger partial charge in [0, 0.05) is 11.5 Å². The topological polar surface area (TPSA) is 74.6 Å². The number of carbonyl (C=O) groups is 2. The molecule has 98 valence electrons. The molecule has 0 spiro atoms. The van der Waals surface area contributed by atoms with Gasteiger partial charge in [-0.2, -0.15) is 0 Å². The number of hydrogen-bond donors (Lipinski definition) is 2. The normalized spacial score (nSPS) is 42.0. The lowest BCUT2D eigenvalue weighted by atomic mass is 9.48. The number of carbonyl (C=O) groups excluding carboxylic acids is 1. The predicted octanol–water partition coefficient (Wildman–Crippen LogP) is 2.30. The number of aliphatic hydroxyl groups excluding tert-OH is 1. The van der Waals surface area contributed by atoms with Crippen molar-refractivity contribution in [3.8, 4) is 0 Å². The van der Waals surface area contributed by atoms with Gasteiger partial charge in [0.15, 0.2) is 5.78 Å². The number of carboxylic acid groups (broad SMARTS) is 1. The fraction of sp³-hybridized carbons (Fsp3) is 0.714. The third-order valence-electron chi connectivity index (χ3n) is 5.05. The molecule has 4 heteroatoms. The van der Waals surface area contributed by atoms with Gasteiger partial charge in [0.25, 0.3) is 0 Å². The first-order chi connectivity index (χ1) is 8.48. The van der Waals surface area contributed by atoms with Crippen LogP contribution in [0.15, 0.2) is 11.8 Å². The van der Waals surface area contributed by atoms with Crippen LogP contribution in [0.4, 0.5) is 0 Å². The molecule has 4 bridgehead atoms. The van der Waals surface area contributed by atoms with E-state index in [9.17, 15) is 14.7 Å². The molecule has 0 heterocycles. The second-order valence-corrected chi connectivity index (χ2v) is 6.40. The van der Waals surface area contributed by atoms with Crippen LogP contribution in [0.5, 0.6) is 0 Å². The number of aliphatic hydroxyl groups is 1. The van der Waals surface area contributed by atoms with Crippen molar-refractivity contribution in [1.82, 2.24) is 0 Å². The quantitative estimate of drug-likeness (QED) is 0.595. The maximum absolute atomic E-state index is 12.3. The average Bonchev–Trinajstić information content (AvgIpc) is 2.26. The highest BCUT2D eigenvalue weighted by Crippen LogP contribution is 2.60. The third-order valence-corrected chi connectivity index (χ3v) is 5.05. The zero-order valence-corrected chi connectivity index (χ0v) is 10.3. The first-order valence-electron chi connectivity index (χ1n) is 6.67. The highest BCUT2D eigenvalue weighted by Gasteiger charge is 2.53. The second-order valence-electron chi connectivity index (χ2n) is 6.40. The summed E-state index contributed by atoms with van der Waals surface area (Å²) < 4.78 is 0. The zero-order chi connectivity index (χ0) is 12.9. The van der Waals surface area contributed by atoms with Crippen LogP contribution in [0.25, 0.3) is 0 Å². The average molecular weight is 250 g/mol. The molecule has 4 rings (SSSR count). The Bertz CT molecular complexity index is 400. The van der Waals surface area contributed by atoms with E-state index in [1.54, 1.807) is 0 Å². The second kappa shape index (κ2) is 3.84. The van der Waals surface area contributed by atoms with E-state index in [0.29, 0.717) is 17.8 Å². The molecule has 4 aliphatic carbocycles. The summed E-state index contributed by atoms with van der Waals surface area (Å²) in [4.78, 5) is 22.9. The van der Waals surface area contributed by atoms with Gasteiger partial charge < -0.3 is 10.2 Å². The summed E-state index contributed by atoms with van der Waals surface area (Å²) in [7, 11) is 0. The fourth-order valence-corrected chi connectivity index (χ4v) is 4.75. The lowest BCUT2D eigenvalue weighted by molar-refractivity contribution is -0.140. The van der Waals surface area contributed by atoms with Crippen LogP contribution in [0, 0.1) is 23.2 Å². The SMILES string of the molecule is O=C(O)/C(O)=C/C(=O)C12CC3CC(CC(C3)C1)C2. The maximum Gasteiger partial charge on any atom is 0.371 e. The first kappa shape index (κ1) is 11.8. The molecule has 4 fully saturated rings. The minimum atomic E-state index is -1.42. The van der Waals surface area contributed by atoms with Crippen molar-refractivity contribution < 1.29 is 19.8 Å². The summed E-state index contributed by atoms with van der Waals surface area (Å²) in [5.41, 5.74) is -0.363. The molecule has 0 aromatic rings.